The summed E-state index contributed by atoms with van der Waals surface area (Å²) in [6.07, 6.45) is 5.44. The van der Waals surface area contributed by atoms with Gasteiger partial charge in [0.15, 0.2) is 0 Å². The molecule has 0 spiro atoms. The number of hydrogen-bond donors (Lipinski definition) is 1. The van der Waals surface area contributed by atoms with Gasteiger partial charge in [-0.1, -0.05) is 13.8 Å². The van der Waals surface area contributed by atoms with Crippen LogP contribution >= 0.6 is 0 Å². The van der Waals surface area contributed by atoms with Gasteiger partial charge in [0.1, 0.15) is 0 Å². The molecule has 140 valence electrons. The van der Waals surface area contributed by atoms with Gasteiger partial charge in [-0.2, -0.15) is 0 Å². The van der Waals surface area contributed by atoms with E-state index in [1.165, 1.54) is 45.3 Å². The summed E-state index contributed by atoms with van der Waals surface area (Å²) in [5.41, 5.74) is 0. The predicted molar refractivity (Wildman–Crippen MR) is 100 cm³/mol. The van der Waals surface area contributed by atoms with Gasteiger partial charge in [-0.15, -0.1) is 0 Å². The third-order valence-electron chi connectivity index (χ3n) is 7.06. The fraction of sp³-hybridized carbons (Fsp3) is 1.00. The first-order valence-electron chi connectivity index (χ1n) is 10.3. The van der Waals surface area contributed by atoms with Crippen LogP contribution in [-0.2, 0) is 0 Å². The monoisotopic (exact) mass is 337 g/mol. The van der Waals surface area contributed by atoms with E-state index < -0.39 is 0 Å². The van der Waals surface area contributed by atoms with Gasteiger partial charge in [0.25, 0.3) is 0 Å². The zero-order valence-electron chi connectivity index (χ0n) is 16.3. The third-order valence-corrected chi connectivity index (χ3v) is 7.06. The fourth-order valence-electron chi connectivity index (χ4n) is 5.11. The van der Waals surface area contributed by atoms with E-state index in [9.17, 15) is 5.11 Å². The summed E-state index contributed by atoms with van der Waals surface area (Å²) in [5.74, 6) is 1.76. The lowest BCUT2D eigenvalue weighted by Crippen LogP contribution is -2.67. The van der Waals surface area contributed by atoms with Crippen LogP contribution in [0.5, 0.6) is 0 Å². The van der Waals surface area contributed by atoms with Crippen LogP contribution < -0.4 is 0 Å². The lowest BCUT2D eigenvalue weighted by Gasteiger charge is -2.53. The first-order chi connectivity index (χ1) is 11.5. The molecule has 0 aromatic heterocycles. The van der Waals surface area contributed by atoms with E-state index in [0.717, 1.165) is 31.0 Å². The summed E-state index contributed by atoms with van der Waals surface area (Å²) in [6.45, 7) is 15.5. The summed E-state index contributed by atoms with van der Waals surface area (Å²) >= 11 is 0. The van der Waals surface area contributed by atoms with Gasteiger partial charge in [-0.05, 0) is 51.4 Å². The van der Waals surface area contributed by atoms with E-state index in [0.29, 0.717) is 24.7 Å². The Morgan fingerprint density at radius 1 is 0.875 bits per heavy atom. The summed E-state index contributed by atoms with van der Waals surface area (Å²) < 4.78 is 0. The van der Waals surface area contributed by atoms with Crippen molar-refractivity contribution in [2.75, 3.05) is 39.3 Å². The summed E-state index contributed by atoms with van der Waals surface area (Å²) in [7, 11) is 0. The molecule has 2 saturated heterocycles. The molecule has 0 aromatic carbocycles. The maximum absolute atomic E-state index is 9.98. The van der Waals surface area contributed by atoms with Gasteiger partial charge in [0, 0.05) is 56.9 Å². The van der Waals surface area contributed by atoms with E-state index in [1.807, 2.05) is 0 Å². The van der Waals surface area contributed by atoms with Gasteiger partial charge >= 0.3 is 0 Å². The van der Waals surface area contributed by atoms with Crippen molar-refractivity contribution in [1.82, 2.24) is 14.7 Å². The Hall–Kier alpha value is -0.160. The van der Waals surface area contributed by atoms with Gasteiger partial charge < -0.3 is 5.11 Å². The molecule has 3 fully saturated rings. The minimum absolute atomic E-state index is 0.321. The Morgan fingerprint density at radius 3 is 2.08 bits per heavy atom. The molecule has 1 aliphatic carbocycles. The lowest BCUT2D eigenvalue weighted by molar-refractivity contribution is -0.0552. The van der Waals surface area contributed by atoms with Crippen molar-refractivity contribution in [2.24, 2.45) is 11.8 Å². The first kappa shape index (κ1) is 18.6. The molecule has 2 aliphatic heterocycles. The Morgan fingerprint density at radius 2 is 1.54 bits per heavy atom. The molecule has 0 bridgehead atoms. The SMILES string of the molecule is CC(C)C1CCC(N2CCN(C3CN(C(C)C)C3)C[C@H]2CO)CC1. The van der Waals surface area contributed by atoms with Crippen LogP contribution in [0.1, 0.15) is 53.4 Å². The molecule has 0 amide bonds. The highest BCUT2D eigenvalue weighted by Crippen LogP contribution is 2.34. The van der Waals surface area contributed by atoms with Crippen LogP contribution in [-0.4, -0.2) is 83.3 Å². The number of likely N-dealkylation sites (tertiary alicyclic amines) is 1. The number of aliphatic hydroxyl groups is 1. The Balaban J connectivity index is 1.49. The second-order valence-electron chi connectivity index (χ2n) is 9.08. The molecule has 0 unspecified atom stereocenters. The zero-order chi connectivity index (χ0) is 17.3. The van der Waals surface area contributed by atoms with Crippen LogP contribution in [0.15, 0.2) is 0 Å². The first-order valence-corrected chi connectivity index (χ1v) is 10.3. The maximum atomic E-state index is 9.98. The largest absolute Gasteiger partial charge is 0.395 e. The predicted octanol–water partition coefficient (Wildman–Crippen LogP) is 2.27. The Labute approximate surface area is 149 Å². The van der Waals surface area contributed by atoms with Crippen LogP contribution in [0.25, 0.3) is 0 Å². The molecular weight excluding hydrogens is 298 g/mol. The van der Waals surface area contributed by atoms with Crippen molar-refractivity contribution in [1.29, 1.82) is 0 Å². The zero-order valence-corrected chi connectivity index (χ0v) is 16.3. The number of aliphatic hydroxyl groups excluding tert-OH is 1. The van der Waals surface area contributed by atoms with Crippen LogP contribution in [0.3, 0.4) is 0 Å². The van der Waals surface area contributed by atoms with E-state index in [-0.39, 0.29) is 0 Å². The Kier molecular flexibility index (Phi) is 6.23. The van der Waals surface area contributed by atoms with Gasteiger partial charge in [0.05, 0.1) is 6.61 Å². The van der Waals surface area contributed by atoms with E-state index >= 15 is 0 Å². The number of piperazine rings is 1. The highest BCUT2D eigenvalue weighted by molar-refractivity contribution is 4.96. The lowest BCUT2D eigenvalue weighted by atomic mass is 9.79. The number of rotatable bonds is 5. The molecule has 2 heterocycles. The molecular formula is C20H39N3O. The quantitative estimate of drug-likeness (QED) is 0.833. The molecule has 0 aromatic rings. The summed E-state index contributed by atoms with van der Waals surface area (Å²) in [4.78, 5) is 7.86. The molecule has 1 saturated carbocycles. The van der Waals surface area contributed by atoms with Gasteiger partial charge in [-0.25, -0.2) is 0 Å². The molecule has 4 heteroatoms. The minimum Gasteiger partial charge on any atom is -0.395 e. The molecule has 1 N–H and O–H groups in total. The average Bonchev–Trinajstić information content (AvgIpc) is 2.53. The molecule has 4 nitrogen and oxygen atoms in total. The molecule has 1 atom stereocenters. The normalized spacial score (nSPS) is 34.9. The maximum Gasteiger partial charge on any atom is 0.0599 e. The van der Waals surface area contributed by atoms with Crippen LogP contribution in [0.2, 0.25) is 0 Å². The van der Waals surface area contributed by atoms with Crippen LogP contribution in [0.4, 0.5) is 0 Å². The fourth-order valence-corrected chi connectivity index (χ4v) is 5.11. The average molecular weight is 338 g/mol. The number of nitrogens with zero attached hydrogens (tertiary/aromatic N) is 3. The third kappa shape index (κ3) is 3.98. The van der Waals surface area contributed by atoms with Crippen molar-refractivity contribution in [3.05, 3.63) is 0 Å². The molecule has 24 heavy (non-hydrogen) atoms. The van der Waals surface area contributed by atoms with Crippen molar-refractivity contribution in [3.8, 4) is 0 Å². The molecule has 0 radical (unpaired) electrons. The van der Waals surface area contributed by atoms with Crippen molar-refractivity contribution in [3.63, 3.8) is 0 Å². The van der Waals surface area contributed by atoms with Gasteiger partial charge in [0.2, 0.25) is 0 Å². The van der Waals surface area contributed by atoms with Crippen LogP contribution in [0, 0.1) is 11.8 Å². The van der Waals surface area contributed by atoms with Crippen molar-refractivity contribution in [2.45, 2.75) is 77.5 Å². The van der Waals surface area contributed by atoms with E-state index in [2.05, 4.69) is 42.4 Å². The smallest absolute Gasteiger partial charge is 0.0599 e. The second kappa shape index (κ2) is 8.03. The van der Waals surface area contributed by atoms with Crippen molar-refractivity contribution >= 4 is 0 Å². The Bertz CT molecular complexity index is 386. The highest BCUT2D eigenvalue weighted by atomic mass is 16.3. The molecule has 3 rings (SSSR count). The standard InChI is InChI=1S/C20H39N3O/c1-15(2)17-5-7-18(8-6-17)23-10-9-21(13-20(23)14-24)19-11-22(12-19)16(3)4/h15-20,24H,5-14H2,1-4H3/t17?,18?,20-/m0/s1. The van der Waals surface area contributed by atoms with Crippen molar-refractivity contribution < 1.29 is 5.11 Å². The topological polar surface area (TPSA) is 30.0 Å². The second-order valence-corrected chi connectivity index (χ2v) is 9.08. The van der Waals surface area contributed by atoms with E-state index in [4.69, 9.17) is 0 Å². The number of hydrogen-bond acceptors (Lipinski definition) is 4. The summed E-state index contributed by atoms with van der Waals surface area (Å²) in [6, 6.07) is 2.47. The van der Waals surface area contributed by atoms with Gasteiger partial charge in [-0.3, -0.25) is 14.7 Å². The van der Waals surface area contributed by atoms with E-state index in [1.54, 1.807) is 0 Å². The summed E-state index contributed by atoms with van der Waals surface area (Å²) in [5, 5.41) is 9.98. The molecule has 3 aliphatic rings. The highest BCUT2D eigenvalue weighted by Gasteiger charge is 2.39. The minimum atomic E-state index is 0.321.